The molecule has 0 bridgehead atoms. The molecule has 0 aliphatic carbocycles. The van der Waals surface area contributed by atoms with E-state index in [1.807, 2.05) is 25.1 Å². The van der Waals surface area contributed by atoms with Gasteiger partial charge in [0.2, 0.25) is 5.28 Å². The Morgan fingerprint density at radius 2 is 2.21 bits per heavy atom. The van der Waals surface area contributed by atoms with Crippen molar-refractivity contribution in [1.29, 1.82) is 0 Å². The van der Waals surface area contributed by atoms with Crippen LogP contribution >= 0.6 is 39.1 Å². The van der Waals surface area contributed by atoms with Crippen molar-refractivity contribution in [3.8, 4) is 10.6 Å². The molecule has 5 heteroatoms. The lowest BCUT2D eigenvalue weighted by Gasteiger charge is -2.01. The van der Waals surface area contributed by atoms with Gasteiger partial charge in [-0.25, -0.2) is 4.98 Å². The number of hydrogen-bond acceptors (Lipinski definition) is 3. The van der Waals surface area contributed by atoms with E-state index in [1.54, 1.807) is 0 Å². The van der Waals surface area contributed by atoms with Gasteiger partial charge in [0.25, 0.3) is 0 Å². The molecule has 0 unspecified atom stereocenters. The number of benzene rings is 1. The third kappa shape index (κ3) is 1.97. The normalized spacial score (nSPS) is 10.5. The van der Waals surface area contributed by atoms with Crippen molar-refractivity contribution in [3.63, 3.8) is 0 Å². The molecular formula is C9H6BrClN2S. The van der Waals surface area contributed by atoms with Gasteiger partial charge < -0.3 is 0 Å². The van der Waals surface area contributed by atoms with Gasteiger partial charge in [-0.3, -0.25) is 0 Å². The second-order valence-electron chi connectivity index (χ2n) is 2.83. The van der Waals surface area contributed by atoms with E-state index in [2.05, 4.69) is 25.3 Å². The van der Waals surface area contributed by atoms with E-state index in [1.165, 1.54) is 11.5 Å². The zero-order chi connectivity index (χ0) is 10.1. The van der Waals surface area contributed by atoms with E-state index < -0.39 is 0 Å². The third-order valence-corrected chi connectivity index (χ3v) is 3.33. The van der Waals surface area contributed by atoms with Gasteiger partial charge in [0.05, 0.1) is 0 Å². The Balaban J connectivity index is 2.52. The van der Waals surface area contributed by atoms with Crippen LogP contribution in [-0.4, -0.2) is 9.36 Å². The van der Waals surface area contributed by atoms with Crippen molar-refractivity contribution in [3.05, 3.63) is 33.5 Å². The molecule has 0 aliphatic heterocycles. The first-order valence-electron chi connectivity index (χ1n) is 3.92. The first-order valence-corrected chi connectivity index (χ1v) is 5.87. The Morgan fingerprint density at radius 1 is 1.43 bits per heavy atom. The fourth-order valence-corrected chi connectivity index (χ4v) is 2.55. The smallest absolute Gasteiger partial charge is 0.205 e. The topological polar surface area (TPSA) is 25.8 Å². The SMILES string of the molecule is Cc1cc(Br)ccc1-c1nc(Cl)ns1. The van der Waals surface area contributed by atoms with Gasteiger partial charge in [-0.1, -0.05) is 22.0 Å². The molecule has 0 saturated heterocycles. The second-order valence-corrected chi connectivity index (χ2v) is 4.83. The van der Waals surface area contributed by atoms with Crippen LogP contribution in [0.15, 0.2) is 22.7 Å². The largest absolute Gasteiger partial charge is 0.234 e. The summed E-state index contributed by atoms with van der Waals surface area (Å²) in [5, 5.41) is 1.17. The van der Waals surface area contributed by atoms with E-state index in [0.29, 0.717) is 5.28 Å². The first-order chi connectivity index (χ1) is 6.66. The monoisotopic (exact) mass is 288 g/mol. The predicted molar refractivity (Wildman–Crippen MR) is 62.8 cm³/mol. The molecule has 2 nitrogen and oxygen atoms in total. The molecule has 0 saturated carbocycles. The maximum atomic E-state index is 5.67. The van der Waals surface area contributed by atoms with Crippen LogP contribution in [0.1, 0.15) is 5.56 Å². The molecule has 1 aromatic carbocycles. The average Bonchev–Trinajstić information content (AvgIpc) is 2.51. The van der Waals surface area contributed by atoms with Crippen molar-refractivity contribution in [2.75, 3.05) is 0 Å². The molecule has 0 spiro atoms. The minimum atomic E-state index is 0.312. The first kappa shape index (κ1) is 10.1. The number of aromatic nitrogens is 2. The van der Waals surface area contributed by atoms with Crippen LogP contribution in [0.4, 0.5) is 0 Å². The Bertz CT molecular complexity index is 470. The maximum absolute atomic E-state index is 5.67. The summed E-state index contributed by atoms with van der Waals surface area (Å²) in [6.45, 7) is 2.04. The van der Waals surface area contributed by atoms with E-state index in [4.69, 9.17) is 11.6 Å². The highest BCUT2D eigenvalue weighted by Gasteiger charge is 2.07. The molecule has 0 atom stereocenters. The highest BCUT2D eigenvalue weighted by Crippen LogP contribution is 2.28. The number of hydrogen-bond donors (Lipinski definition) is 0. The van der Waals surface area contributed by atoms with Gasteiger partial charge in [0.15, 0.2) is 0 Å². The van der Waals surface area contributed by atoms with Gasteiger partial charge in [-0.05, 0) is 47.8 Å². The molecule has 0 fully saturated rings. The molecule has 0 aliphatic rings. The molecule has 0 N–H and O–H groups in total. The fourth-order valence-electron chi connectivity index (χ4n) is 1.18. The van der Waals surface area contributed by atoms with Crippen LogP contribution in [-0.2, 0) is 0 Å². The van der Waals surface area contributed by atoms with E-state index in [-0.39, 0.29) is 0 Å². The van der Waals surface area contributed by atoms with Gasteiger partial charge in [-0.2, -0.15) is 4.37 Å². The van der Waals surface area contributed by atoms with Crippen molar-refractivity contribution >= 4 is 39.1 Å². The van der Waals surface area contributed by atoms with Crippen LogP contribution in [0.2, 0.25) is 5.28 Å². The van der Waals surface area contributed by atoms with Crippen molar-refractivity contribution in [1.82, 2.24) is 9.36 Å². The Labute approximate surface area is 99.2 Å². The molecule has 2 rings (SSSR count). The second kappa shape index (κ2) is 3.96. The molecule has 1 aromatic heterocycles. The summed E-state index contributed by atoms with van der Waals surface area (Å²) in [6.07, 6.45) is 0. The lowest BCUT2D eigenvalue weighted by Crippen LogP contribution is -1.81. The summed E-state index contributed by atoms with van der Waals surface area (Å²) < 4.78 is 5.01. The third-order valence-electron chi connectivity index (χ3n) is 1.82. The standard InChI is InChI=1S/C9H6BrClN2S/c1-5-4-6(10)2-3-7(5)8-12-9(11)13-14-8/h2-4H,1H3. The van der Waals surface area contributed by atoms with E-state index in [0.717, 1.165) is 20.6 Å². The number of nitrogens with zero attached hydrogens (tertiary/aromatic N) is 2. The number of halogens is 2. The molecule has 1 heterocycles. The zero-order valence-electron chi connectivity index (χ0n) is 7.29. The minimum Gasteiger partial charge on any atom is -0.205 e. The van der Waals surface area contributed by atoms with Crippen molar-refractivity contribution in [2.24, 2.45) is 0 Å². The molecule has 14 heavy (non-hydrogen) atoms. The fraction of sp³-hybridized carbons (Fsp3) is 0.111. The molecular weight excluding hydrogens is 284 g/mol. The zero-order valence-corrected chi connectivity index (χ0v) is 10.4. The highest BCUT2D eigenvalue weighted by atomic mass is 79.9. The maximum Gasteiger partial charge on any atom is 0.234 e. The minimum absolute atomic E-state index is 0.312. The molecule has 2 aromatic rings. The number of aryl methyl sites for hydroxylation is 1. The summed E-state index contributed by atoms with van der Waals surface area (Å²) >= 11 is 10.4. The Morgan fingerprint density at radius 3 is 2.79 bits per heavy atom. The molecule has 0 amide bonds. The quantitative estimate of drug-likeness (QED) is 0.795. The van der Waals surface area contributed by atoms with Gasteiger partial charge >= 0.3 is 0 Å². The van der Waals surface area contributed by atoms with Crippen LogP contribution in [0.25, 0.3) is 10.6 Å². The lowest BCUT2D eigenvalue weighted by atomic mass is 10.1. The Kier molecular flexibility index (Phi) is 2.85. The molecule has 0 radical (unpaired) electrons. The van der Waals surface area contributed by atoms with E-state index >= 15 is 0 Å². The van der Waals surface area contributed by atoms with Crippen LogP contribution in [0.3, 0.4) is 0 Å². The highest BCUT2D eigenvalue weighted by molar-refractivity contribution is 9.10. The van der Waals surface area contributed by atoms with Gasteiger partial charge in [0.1, 0.15) is 5.01 Å². The van der Waals surface area contributed by atoms with Gasteiger partial charge in [-0.15, -0.1) is 0 Å². The summed E-state index contributed by atoms with van der Waals surface area (Å²) in [7, 11) is 0. The predicted octanol–water partition coefficient (Wildman–Crippen LogP) is 3.93. The lowest BCUT2D eigenvalue weighted by molar-refractivity contribution is 1.32. The summed E-state index contributed by atoms with van der Waals surface area (Å²) in [4.78, 5) is 4.13. The number of rotatable bonds is 1. The summed E-state index contributed by atoms with van der Waals surface area (Å²) in [6, 6.07) is 6.04. The van der Waals surface area contributed by atoms with Crippen molar-refractivity contribution < 1.29 is 0 Å². The molecule has 72 valence electrons. The van der Waals surface area contributed by atoms with Crippen molar-refractivity contribution in [2.45, 2.75) is 6.92 Å². The summed E-state index contributed by atoms with van der Waals surface area (Å²) in [5.74, 6) is 0. The van der Waals surface area contributed by atoms with E-state index in [9.17, 15) is 0 Å². The average molecular weight is 290 g/mol. The summed E-state index contributed by atoms with van der Waals surface area (Å²) in [5.41, 5.74) is 2.24. The van der Waals surface area contributed by atoms with Crippen LogP contribution in [0.5, 0.6) is 0 Å². The Hall–Kier alpha value is -0.450. The van der Waals surface area contributed by atoms with Gasteiger partial charge in [0, 0.05) is 10.0 Å². The van der Waals surface area contributed by atoms with Crippen LogP contribution in [0, 0.1) is 6.92 Å². The van der Waals surface area contributed by atoms with Crippen LogP contribution < -0.4 is 0 Å².